The second-order valence-electron chi connectivity index (χ2n) is 8.20. The highest BCUT2D eigenvalue weighted by Crippen LogP contribution is 2.22. The second-order valence-corrected chi connectivity index (χ2v) is 9.11. The summed E-state index contributed by atoms with van der Waals surface area (Å²) in [6.45, 7) is 2.63. The van der Waals surface area contributed by atoms with Crippen molar-refractivity contribution in [3.8, 4) is 0 Å². The molecule has 36 heavy (non-hydrogen) atoms. The number of hydrogen-bond acceptors (Lipinski definition) is 4. The van der Waals surface area contributed by atoms with Gasteiger partial charge in [-0.25, -0.2) is 10.2 Å². The van der Waals surface area contributed by atoms with Crippen LogP contribution in [0.15, 0.2) is 94.6 Å². The van der Waals surface area contributed by atoms with Gasteiger partial charge in [0.1, 0.15) is 6.04 Å². The predicted octanol–water partition coefficient (Wildman–Crippen LogP) is 5.26. The van der Waals surface area contributed by atoms with Crippen molar-refractivity contribution >= 4 is 45.0 Å². The number of benzene rings is 3. The predicted molar refractivity (Wildman–Crippen MR) is 145 cm³/mol. The van der Waals surface area contributed by atoms with E-state index in [4.69, 9.17) is 4.74 Å². The molecule has 0 bridgehead atoms. The van der Waals surface area contributed by atoms with Crippen LogP contribution in [0.3, 0.4) is 0 Å². The number of aromatic nitrogens is 1. The highest BCUT2D eigenvalue weighted by atomic mass is 79.9. The van der Waals surface area contributed by atoms with Crippen LogP contribution < -0.4 is 10.7 Å². The van der Waals surface area contributed by atoms with E-state index in [-0.39, 0.29) is 6.61 Å². The lowest BCUT2D eigenvalue weighted by Crippen LogP contribution is -2.47. The summed E-state index contributed by atoms with van der Waals surface area (Å²) in [6.07, 6.45) is 3.31. The van der Waals surface area contributed by atoms with E-state index in [0.717, 1.165) is 26.5 Å². The number of nitrogens with one attached hydrogen (secondary N) is 2. The van der Waals surface area contributed by atoms with Crippen molar-refractivity contribution in [3.05, 3.63) is 106 Å². The number of fused-ring (bicyclic) bond motifs is 1. The Bertz CT molecular complexity index is 1350. The third-order valence-corrected chi connectivity index (χ3v) is 6.16. The molecule has 184 valence electrons. The molecule has 3 aromatic carbocycles. The molecule has 0 aliphatic rings. The molecule has 0 radical (unpaired) electrons. The van der Waals surface area contributed by atoms with Crippen LogP contribution in [0.4, 0.5) is 4.79 Å². The third kappa shape index (κ3) is 6.60. The number of ether oxygens (including phenoxy) is 1. The van der Waals surface area contributed by atoms with Gasteiger partial charge in [-0.2, -0.15) is 5.10 Å². The molecular formula is C28H27BrN4O3. The lowest BCUT2D eigenvalue weighted by Gasteiger charge is -2.16. The minimum Gasteiger partial charge on any atom is -0.450 e. The number of halogens is 1. The minimum absolute atomic E-state index is 0.216. The van der Waals surface area contributed by atoms with Crippen LogP contribution in [-0.2, 0) is 22.5 Å². The zero-order valence-corrected chi connectivity index (χ0v) is 21.4. The summed E-state index contributed by atoms with van der Waals surface area (Å²) in [5.41, 5.74) is 6.60. The Morgan fingerprint density at radius 2 is 1.72 bits per heavy atom. The summed E-state index contributed by atoms with van der Waals surface area (Å²) in [5, 5.41) is 7.85. The zero-order chi connectivity index (χ0) is 25.3. The number of rotatable bonds is 9. The van der Waals surface area contributed by atoms with Gasteiger partial charge in [0, 0.05) is 40.1 Å². The molecule has 8 heteroatoms. The first-order chi connectivity index (χ1) is 17.5. The number of hydrazone groups is 1. The fourth-order valence-corrected chi connectivity index (χ4v) is 4.18. The summed E-state index contributed by atoms with van der Waals surface area (Å²) in [7, 11) is 0. The number of amides is 2. The molecule has 0 aliphatic heterocycles. The molecule has 0 saturated heterocycles. The van der Waals surface area contributed by atoms with Crippen LogP contribution in [0, 0.1) is 0 Å². The maximum Gasteiger partial charge on any atom is 0.407 e. The number of hydrogen-bond donors (Lipinski definition) is 2. The average molecular weight is 547 g/mol. The highest BCUT2D eigenvalue weighted by molar-refractivity contribution is 9.10. The first-order valence-corrected chi connectivity index (χ1v) is 12.4. The first-order valence-electron chi connectivity index (χ1n) is 11.7. The number of carbonyl (C=O) groups excluding carboxylic acids is 2. The highest BCUT2D eigenvalue weighted by Gasteiger charge is 2.21. The number of alkyl carbamates (subject to hydrolysis) is 1. The van der Waals surface area contributed by atoms with Crippen LogP contribution in [0.1, 0.15) is 23.6 Å². The normalized spacial score (nSPS) is 11.9. The Labute approximate surface area is 218 Å². The topological polar surface area (TPSA) is 84.7 Å². The van der Waals surface area contributed by atoms with E-state index in [1.54, 1.807) is 13.1 Å². The fourth-order valence-electron chi connectivity index (χ4n) is 3.91. The fraction of sp³-hybridized carbons (Fsp3) is 0.179. The molecule has 2 N–H and O–H groups in total. The van der Waals surface area contributed by atoms with Gasteiger partial charge < -0.3 is 14.6 Å². The van der Waals surface area contributed by atoms with E-state index in [1.807, 2.05) is 66.9 Å². The lowest BCUT2D eigenvalue weighted by atomic mass is 10.1. The van der Waals surface area contributed by atoms with Gasteiger partial charge in [0.05, 0.1) is 12.8 Å². The monoisotopic (exact) mass is 546 g/mol. The average Bonchev–Trinajstić information content (AvgIpc) is 3.23. The van der Waals surface area contributed by atoms with Crippen LogP contribution in [0.2, 0.25) is 0 Å². The first kappa shape index (κ1) is 25.2. The van der Waals surface area contributed by atoms with E-state index in [2.05, 4.69) is 54.5 Å². The van der Waals surface area contributed by atoms with Crippen LogP contribution in [0.5, 0.6) is 0 Å². The maximum absolute atomic E-state index is 12.9. The Kier molecular flexibility index (Phi) is 8.52. The van der Waals surface area contributed by atoms with Crippen molar-refractivity contribution in [2.75, 3.05) is 6.61 Å². The summed E-state index contributed by atoms with van der Waals surface area (Å²) in [5.74, 6) is -0.429. The van der Waals surface area contributed by atoms with Gasteiger partial charge in [-0.1, -0.05) is 76.6 Å². The van der Waals surface area contributed by atoms with Crippen LogP contribution in [-0.4, -0.2) is 35.4 Å². The molecule has 0 spiro atoms. The Morgan fingerprint density at radius 3 is 2.47 bits per heavy atom. The summed E-state index contributed by atoms with van der Waals surface area (Å²) in [6, 6.07) is 24.9. The Hall–Kier alpha value is -3.91. The van der Waals surface area contributed by atoms with Gasteiger partial charge in [0.2, 0.25) is 0 Å². The summed E-state index contributed by atoms with van der Waals surface area (Å²) < 4.78 is 8.16. The van der Waals surface area contributed by atoms with E-state index >= 15 is 0 Å². The van der Waals surface area contributed by atoms with Crippen molar-refractivity contribution in [1.29, 1.82) is 0 Å². The minimum atomic E-state index is -0.831. The molecule has 0 saturated carbocycles. The maximum atomic E-state index is 12.9. The van der Waals surface area contributed by atoms with Gasteiger partial charge in [-0.05, 0) is 36.2 Å². The number of para-hydroxylation sites is 1. The SMILES string of the molecule is CCOC(=O)N[C@@H](Cc1ccccc1)C(=O)N/N=C\c1cn(Cc2ccc(Br)cc2)c2ccccc12. The molecule has 4 aromatic rings. The van der Waals surface area contributed by atoms with E-state index in [1.165, 1.54) is 5.56 Å². The van der Waals surface area contributed by atoms with Crippen molar-refractivity contribution < 1.29 is 14.3 Å². The Morgan fingerprint density at radius 1 is 1.00 bits per heavy atom. The molecular weight excluding hydrogens is 520 g/mol. The standard InChI is InChI=1S/C28H27BrN4O3/c1-2-36-28(35)31-25(16-20-8-4-3-5-9-20)27(34)32-30-17-22-19-33(26-11-7-6-10-24(22)26)18-21-12-14-23(29)15-13-21/h3-15,17,19,25H,2,16,18H2,1H3,(H,31,35)(H,32,34)/b30-17-/t25-/m0/s1. The largest absolute Gasteiger partial charge is 0.450 e. The van der Waals surface area contributed by atoms with E-state index in [9.17, 15) is 9.59 Å². The van der Waals surface area contributed by atoms with Crippen LogP contribution in [0.25, 0.3) is 10.9 Å². The quantitative estimate of drug-likeness (QED) is 0.222. The molecule has 0 fully saturated rings. The smallest absolute Gasteiger partial charge is 0.407 e. The molecule has 1 heterocycles. The van der Waals surface area contributed by atoms with Gasteiger partial charge in [-0.15, -0.1) is 0 Å². The molecule has 0 unspecified atom stereocenters. The second kappa shape index (κ2) is 12.2. The van der Waals surface area contributed by atoms with Gasteiger partial charge in [-0.3, -0.25) is 4.79 Å². The van der Waals surface area contributed by atoms with Gasteiger partial charge >= 0.3 is 6.09 Å². The molecule has 1 atom stereocenters. The molecule has 0 aliphatic carbocycles. The van der Waals surface area contributed by atoms with Crippen molar-refractivity contribution in [1.82, 2.24) is 15.3 Å². The van der Waals surface area contributed by atoms with Crippen LogP contribution >= 0.6 is 15.9 Å². The zero-order valence-electron chi connectivity index (χ0n) is 19.9. The van der Waals surface area contributed by atoms with Gasteiger partial charge in [0.25, 0.3) is 5.91 Å². The van der Waals surface area contributed by atoms with Gasteiger partial charge in [0.15, 0.2) is 0 Å². The van der Waals surface area contributed by atoms with E-state index < -0.39 is 18.0 Å². The van der Waals surface area contributed by atoms with Crippen molar-refractivity contribution in [3.63, 3.8) is 0 Å². The number of nitrogens with zero attached hydrogens (tertiary/aromatic N) is 2. The summed E-state index contributed by atoms with van der Waals surface area (Å²) in [4.78, 5) is 24.9. The molecule has 4 rings (SSSR count). The lowest BCUT2D eigenvalue weighted by molar-refractivity contribution is -0.123. The Balaban J connectivity index is 1.50. The van der Waals surface area contributed by atoms with E-state index in [0.29, 0.717) is 13.0 Å². The third-order valence-electron chi connectivity index (χ3n) is 5.63. The molecule has 7 nitrogen and oxygen atoms in total. The summed E-state index contributed by atoms with van der Waals surface area (Å²) >= 11 is 3.48. The van der Waals surface area contributed by atoms with Crippen molar-refractivity contribution in [2.45, 2.75) is 25.9 Å². The molecule has 2 amide bonds. The molecule has 1 aromatic heterocycles. The van der Waals surface area contributed by atoms with Crippen molar-refractivity contribution in [2.24, 2.45) is 5.10 Å². The number of carbonyl (C=O) groups is 2.